The second kappa shape index (κ2) is 14.3. The summed E-state index contributed by atoms with van der Waals surface area (Å²) in [4.78, 5) is 17.0. The molecule has 0 radical (unpaired) electrons. The summed E-state index contributed by atoms with van der Waals surface area (Å²) >= 11 is -4.19. The normalized spacial score (nSPS) is 10.7. The number of carbonyl (C=O) groups is 1. The number of pyridine rings is 2. The summed E-state index contributed by atoms with van der Waals surface area (Å²) in [5, 5.41) is 0. The quantitative estimate of drug-likeness (QED) is 0.185. The van der Waals surface area contributed by atoms with Gasteiger partial charge in [0.15, 0.2) is 0 Å². The van der Waals surface area contributed by atoms with E-state index in [1.807, 2.05) is 29.2 Å². The Balaban J connectivity index is 0.00000392. The summed E-state index contributed by atoms with van der Waals surface area (Å²) in [6.45, 7) is 6.99. The van der Waals surface area contributed by atoms with Gasteiger partial charge in [0, 0.05) is 0 Å². The van der Waals surface area contributed by atoms with Crippen molar-refractivity contribution in [2.45, 2.75) is 59.9 Å². The zero-order chi connectivity index (χ0) is 19.5. The van der Waals surface area contributed by atoms with Gasteiger partial charge in [-0.05, 0) is 0 Å². The average molecular weight is 790 g/mol. The van der Waals surface area contributed by atoms with E-state index in [4.69, 9.17) is 3.07 Å². The molecule has 0 fully saturated rings. The maximum absolute atomic E-state index is 12.7. The van der Waals surface area contributed by atoms with Gasteiger partial charge in [0.2, 0.25) is 0 Å². The van der Waals surface area contributed by atoms with Gasteiger partial charge in [0.25, 0.3) is 0 Å². The maximum atomic E-state index is 12.7. The van der Waals surface area contributed by atoms with Gasteiger partial charge in [-0.25, -0.2) is 0 Å². The molecule has 0 amide bonds. The maximum Gasteiger partial charge on any atom is -1.00 e. The molecule has 0 aliphatic heterocycles. The van der Waals surface area contributed by atoms with Crippen LogP contribution < -0.4 is 34.7 Å². The van der Waals surface area contributed by atoms with Crippen molar-refractivity contribution in [1.82, 2.24) is 4.98 Å². The van der Waals surface area contributed by atoms with E-state index in [1.165, 1.54) is 6.14 Å². The van der Waals surface area contributed by atoms with E-state index in [-0.39, 0.29) is 29.9 Å². The predicted molar refractivity (Wildman–Crippen MR) is 107 cm³/mol. The number of hydrogen-bond donors (Lipinski definition) is 0. The minimum atomic E-state index is -2.79. The third-order valence-electron chi connectivity index (χ3n) is 4.81. The molecule has 28 heavy (non-hydrogen) atoms. The minimum Gasteiger partial charge on any atom is -1.00 e. The molecule has 0 saturated heterocycles. The van der Waals surface area contributed by atoms with Gasteiger partial charge in [-0.2, -0.15) is 0 Å². The zero-order valence-electron chi connectivity index (χ0n) is 17.4. The van der Waals surface area contributed by atoms with Gasteiger partial charge in [0.1, 0.15) is 0 Å². The first kappa shape index (κ1) is 26.3. The van der Waals surface area contributed by atoms with Crippen molar-refractivity contribution in [1.29, 1.82) is 0 Å². The van der Waals surface area contributed by atoms with Crippen molar-refractivity contribution >= 4 is 30.9 Å². The van der Waals surface area contributed by atoms with Crippen molar-refractivity contribution in [3.05, 3.63) is 49.1 Å². The molecule has 0 aliphatic carbocycles. The molecule has 0 aromatic carbocycles. The molecule has 0 bridgehead atoms. The number of carbonyl (C=O) groups excluding carboxylic acids is 1. The summed E-state index contributed by atoms with van der Waals surface area (Å²) in [7, 11) is 0. The summed E-state index contributed by atoms with van der Waals surface area (Å²) in [5.41, 5.74) is 0. The summed E-state index contributed by atoms with van der Waals surface area (Å²) in [5.74, 6) is -0.0265. The smallest absolute Gasteiger partial charge is 1.00 e. The van der Waals surface area contributed by atoms with Gasteiger partial charge in [0.05, 0.1) is 0 Å². The van der Waals surface area contributed by atoms with Crippen LogP contribution in [0.1, 0.15) is 40.0 Å². The van der Waals surface area contributed by atoms with E-state index < -0.39 is 43.4 Å². The van der Waals surface area contributed by atoms with Gasteiger partial charge < -0.3 is 24.0 Å². The van der Waals surface area contributed by atoms with Crippen LogP contribution in [-0.4, -0.2) is 29.7 Å². The molecule has 2 aromatic rings. The van der Waals surface area contributed by atoms with Crippen LogP contribution in [0.25, 0.3) is 0 Å². The minimum absolute atomic E-state index is 0. The molecule has 0 spiro atoms. The Morgan fingerprint density at radius 2 is 1.71 bits per heavy atom. The third kappa shape index (κ3) is 8.94. The molecule has 0 N–H and O–H groups in total. The Bertz CT molecular complexity index is 702. The Labute approximate surface area is 203 Å². The Morgan fingerprint density at radius 1 is 1.07 bits per heavy atom. The van der Waals surface area contributed by atoms with Crippen LogP contribution in [0.5, 0.6) is 0 Å². The van der Waals surface area contributed by atoms with E-state index >= 15 is 0 Å². The first-order chi connectivity index (χ1) is 13.1. The summed E-state index contributed by atoms with van der Waals surface area (Å²) in [6, 6.07) is 8.42. The van der Waals surface area contributed by atoms with Crippen LogP contribution in [0.3, 0.4) is 0 Å². The van der Waals surface area contributed by atoms with Crippen LogP contribution in [0.4, 0.5) is 0 Å². The first-order valence-corrected chi connectivity index (χ1v) is 22.9. The van der Waals surface area contributed by atoms with Crippen molar-refractivity contribution in [2.75, 3.05) is 0 Å². The molecule has 2 heterocycles. The van der Waals surface area contributed by atoms with Gasteiger partial charge in [-0.15, -0.1) is 0 Å². The Hall–Kier alpha value is 0.234. The molecule has 0 saturated carbocycles. The fraction of sp³-hybridized carbons (Fsp3) is 0.476. The van der Waals surface area contributed by atoms with Crippen molar-refractivity contribution in [3.8, 4) is 0 Å². The molecule has 0 unspecified atom stereocenters. The average Bonchev–Trinajstić information content (AvgIpc) is 2.63. The molecule has 0 aliphatic rings. The molecule has 2 aromatic heterocycles. The molecule has 7 heteroatoms. The van der Waals surface area contributed by atoms with Gasteiger partial charge in [-0.3, -0.25) is 0 Å². The number of aromatic nitrogens is 2. The fourth-order valence-electron chi connectivity index (χ4n) is 3.84. The van der Waals surface area contributed by atoms with Crippen molar-refractivity contribution in [3.63, 3.8) is 0 Å². The first-order valence-electron chi connectivity index (χ1n) is 10.2. The Morgan fingerprint density at radius 3 is 2.29 bits per heavy atom. The van der Waals surface area contributed by atoms with E-state index in [0.717, 1.165) is 32.6 Å². The zero-order valence-corrected chi connectivity index (χ0v) is 27.9. The largest absolute Gasteiger partial charge is 1.00 e. The van der Waals surface area contributed by atoms with Crippen LogP contribution in [-0.2, 0) is 39.0 Å². The van der Waals surface area contributed by atoms with Crippen molar-refractivity contribution in [2.24, 2.45) is 0 Å². The van der Waals surface area contributed by atoms with E-state index in [2.05, 4.69) is 50.2 Å². The number of halogens is 1. The second-order valence-corrected chi connectivity index (χ2v) is 26.7. The number of rotatable bonds is 11. The molecular weight excluding hydrogens is 758 g/mol. The summed E-state index contributed by atoms with van der Waals surface area (Å²) < 4.78 is 14.5. The van der Waals surface area contributed by atoms with Gasteiger partial charge >= 0.3 is 182 Å². The topological polar surface area (TPSA) is 43.1 Å². The molecule has 150 valence electrons. The predicted octanol–water partition coefficient (Wildman–Crippen LogP) is 0.125. The third-order valence-corrected chi connectivity index (χ3v) is 25.2. The van der Waals surface area contributed by atoms with E-state index in [9.17, 15) is 4.79 Å². The number of hydrogen-bond acceptors (Lipinski definition) is 3. The molecule has 4 nitrogen and oxygen atoms in total. The van der Waals surface area contributed by atoms with Crippen LogP contribution in [0.2, 0.25) is 13.3 Å². The van der Waals surface area contributed by atoms with Gasteiger partial charge in [-0.1, -0.05) is 0 Å². The van der Waals surface area contributed by atoms with Crippen LogP contribution in [0, 0.1) is 0 Å². The van der Waals surface area contributed by atoms with E-state index in [1.54, 1.807) is 0 Å². The summed E-state index contributed by atoms with van der Waals surface area (Å²) in [6.07, 6.45) is 11.3. The van der Waals surface area contributed by atoms with Crippen molar-refractivity contribution < 1.29 is 61.0 Å². The molecule has 0 atom stereocenters. The fourth-order valence-corrected chi connectivity index (χ4v) is 22.1. The SMILES string of the molecule is CC[CH2][Sn]([CH2]CC)([CH2]CC)[O]C(=O)C[n+]1ccc[c]([Hg][c]2cccnc2)c1.[I-]. The Kier molecular flexibility index (Phi) is 13.4. The van der Waals surface area contributed by atoms with E-state index in [0.29, 0.717) is 6.54 Å². The van der Waals surface area contributed by atoms with Crippen LogP contribution >= 0.6 is 0 Å². The standard InChI is InChI=1S/C7H6NO2.C5H4N.3C3H7.Hg.HI.Sn/c9-7(10)6-8-4-2-1-3-5-8;1-2-4-6-5-3-1;3*1-3-2;;;/h1-2,4-5H,6H2;1-2,4-5H;3*1,3H2,2H3;;1H;/q;;;;;;;+1/p-1. The second-order valence-electron chi connectivity index (χ2n) is 7.33. The monoisotopic (exact) mass is 792 g/mol. The molecular formula is C21H31HgIN2O2Sn. The number of nitrogens with zero attached hydrogens (tertiary/aromatic N) is 2. The van der Waals surface area contributed by atoms with Crippen LogP contribution in [0.15, 0.2) is 49.1 Å². The molecule has 2 rings (SSSR count).